The molecule has 1 fully saturated rings. The number of carbonyl (C=O) groups excluding carboxylic acids is 2. The van der Waals surface area contributed by atoms with Gasteiger partial charge < -0.3 is 4.74 Å². The van der Waals surface area contributed by atoms with E-state index in [0.29, 0.717) is 23.0 Å². The summed E-state index contributed by atoms with van der Waals surface area (Å²) in [6, 6.07) is 5.15. The molecule has 3 rings (SSSR count). The Morgan fingerprint density at radius 3 is 3.00 bits per heavy atom. The summed E-state index contributed by atoms with van der Waals surface area (Å²) in [6.45, 7) is 0.396. The summed E-state index contributed by atoms with van der Waals surface area (Å²) in [5, 5.41) is 7.84. The molecule has 9 heteroatoms. The van der Waals surface area contributed by atoms with E-state index in [-0.39, 0.29) is 11.6 Å². The number of rotatable bonds is 4. The Morgan fingerprint density at radius 2 is 2.36 bits per heavy atom. The highest BCUT2D eigenvalue weighted by molar-refractivity contribution is 7.19. The first kappa shape index (κ1) is 15.0. The lowest BCUT2D eigenvalue weighted by atomic mass is 10.3. The van der Waals surface area contributed by atoms with Crippen LogP contribution in [0.25, 0.3) is 10.6 Å². The Balaban J connectivity index is 1.69. The minimum Gasteiger partial charge on any atom is -0.447 e. The predicted molar refractivity (Wildman–Crippen MR) is 79.5 cm³/mol. The number of hydrogen-bond donors (Lipinski definition) is 1. The molecule has 116 valence electrons. The molecule has 1 amide bonds. The van der Waals surface area contributed by atoms with Crippen molar-refractivity contribution < 1.29 is 19.2 Å². The summed E-state index contributed by atoms with van der Waals surface area (Å²) >= 11 is 7.24. The Hall–Kier alpha value is -1.90. The first-order chi connectivity index (χ1) is 10.6. The normalized spacial score (nSPS) is 18.0. The highest BCUT2D eigenvalue weighted by atomic mass is 35.5. The quantitative estimate of drug-likeness (QED) is 0.861. The second-order valence-electron chi connectivity index (χ2n) is 4.58. The number of halogens is 1. The van der Waals surface area contributed by atoms with Crippen molar-refractivity contribution in [1.82, 2.24) is 15.3 Å². The molecule has 0 bridgehead atoms. The molecule has 7 nitrogen and oxygen atoms in total. The lowest BCUT2D eigenvalue weighted by Crippen LogP contribution is -2.31. The van der Waals surface area contributed by atoms with Crippen LogP contribution in [0.15, 0.2) is 18.2 Å². The van der Waals surface area contributed by atoms with E-state index >= 15 is 0 Å². The Kier molecular flexibility index (Phi) is 4.14. The smallest absolute Gasteiger partial charge is 0.359 e. The average Bonchev–Trinajstić information content (AvgIpc) is 3.20. The van der Waals surface area contributed by atoms with Gasteiger partial charge in [-0.1, -0.05) is 11.6 Å². The minimum absolute atomic E-state index is 0.114. The summed E-state index contributed by atoms with van der Waals surface area (Å²) in [6.07, 6.45) is -0.431. The van der Waals surface area contributed by atoms with Crippen molar-refractivity contribution >= 4 is 34.8 Å². The van der Waals surface area contributed by atoms with Crippen LogP contribution in [0, 0.1) is 0 Å². The number of aromatic amines is 1. The standard InChI is InChI=1S/C13H12ClN3O4S/c1-20-17-5-4-9(12(17)18)21-13(19)8-6-7(15-16-8)10-2-3-11(14)22-10/h2-3,6,9H,4-5H2,1H3,(H,15,16). The molecule has 1 atom stereocenters. The minimum atomic E-state index is -0.830. The van der Waals surface area contributed by atoms with E-state index in [4.69, 9.17) is 21.2 Å². The number of thiophene rings is 1. The SMILES string of the molecule is CON1CCC(OC(=O)c2cc(-c3ccc(Cl)s3)[nH]n2)C1=O. The van der Waals surface area contributed by atoms with Crippen molar-refractivity contribution in [2.24, 2.45) is 0 Å². The van der Waals surface area contributed by atoms with Crippen molar-refractivity contribution in [1.29, 1.82) is 0 Å². The van der Waals surface area contributed by atoms with E-state index in [2.05, 4.69) is 10.2 Å². The van der Waals surface area contributed by atoms with Gasteiger partial charge in [0.1, 0.15) is 0 Å². The van der Waals surface area contributed by atoms with E-state index in [0.717, 1.165) is 4.88 Å². The Morgan fingerprint density at radius 1 is 1.55 bits per heavy atom. The number of aromatic nitrogens is 2. The third-order valence-electron chi connectivity index (χ3n) is 3.21. The summed E-state index contributed by atoms with van der Waals surface area (Å²) in [4.78, 5) is 29.6. The maximum Gasteiger partial charge on any atom is 0.359 e. The van der Waals surface area contributed by atoms with Gasteiger partial charge in [-0.15, -0.1) is 11.3 Å². The largest absolute Gasteiger partial charge is 0.447 e. The number of amides is 1. The molecule has 1 unspecified atom stereocenters. The Bertz CT molecular complexity index is 714. The molecule has 0 saturated carbocycles. The topological polar surface area (TPSA) is 84.5 Å². The molecular weight excluding hydrogens is 330 g/mol. The highest BCUT2D eigenvalue weighted by Crippen LogP contribution is 2.30. The fraction of sp³-hybridized carbons (Fsp3) is 0.308. The molecule has 2 aromatic heterocycles. The zero-order chi connectivity index (χ0) is 15.7. The lowest BCUT2D eigenvalue weighted by molar-refractivity contribution is -0.172. The van der Waals surface area contributed by atoms with Crippen LogP contribution < -0.4 is 0 Å². The average molecular weight is 342 g/mol. The molecule has 1 N–H and O–H groups in total. The van der Waals surface area contributed by atoms with Crippen molar-refractivity contribution in [3.05, 3.63) is 28.2 Å². The molecule has 0 spiro atoms. The van der Waals surface area contributed by atoms with E-state index in [1.807, 2.05) is 6.07 Å². The lowest BCUT2D eigenvalue weighted by Gasteiger charge is -2.12. The molecule has 0 radical (unpaired) electrons. The van der Waals surface area contributed by atoms with Crippen LogP contribution in [0.5, 0.6) is 0 Å². The van der Waals surface area contributed by atoms with Crippen LogP contribution in [0.3, 0.4) is 0 Å². The van der Waals surface area contributed by atoms with Gasteiger partial charge in [-0.25, -0.2) is 9.86 Å². The molecule has 3 heterocycles. The molecular formula is C13H12ClN3O4S. The van der Waals surface area contributed by atoms with Gasteiger partial charge in [-0.05, 0) is 18.2 Å². The number of carbonyl (C=O) groups is 2. The highest BCUT2D eigenvalue weighted by Gasteiger charge is 2.35. The fourth-order valence-electron chi connectivity index (χ4n) is 2.12. The van der Waals surface area contributed by atoms with Gasteiger partial charge in [-0.3, -0.25) is 14.7 Å². The number of ether oxygens (including phenoxy) is 1. The van der Waals surface area contributed by atoms with Gasteiger partial charge >= 0.3 is 5.97 Å². The molecule has 1 aliphatic rings. The van der Waals surface area contributed by atoms with Crippen molar-refractivity contribution in [2.75, 3.05) is 13.7 Å². The van der Waals surface area contributed by atoms with E-state index < -0.39 is 12.1 Å². The second kappa shape index (κ2) is 6.07. The van der Waals surface area contributed by atoms with Gasteiger partial charge in [-0.2, -0.15) is 5.10 Å². The van der Waals surface area contributed by atoms with E-state index in [1.54, 1.807) is 12.1 Å². The summed E-state index contributed by atoms with van der Waals surface area (Å²) < 4.78 is 5.82. The van der Waals surface area contributed by atoms with Gasteiger partial charge in [0.2, 0.25) is 0 Å². The summed E-state index contributed by atoms with van der Waals surface area (Å²) in [7, 11) is 1.40. The number of esters is 1. The second-order valence-corrected chi connectivity index (χ2v) is 6.29. The molecule has 1 aliphatic heterocycles. The maximum atomic E-state index is 12.1. The zero-order valence-electron chi connectivity index (χ0n) is 11.5. The van der Waals surface area contributed by atoms with Crippen LogP contribution in [0.2, 0.25) is 4.34 Å². The van der Waals surface area contributed by atoms with Crippen LogP contribution in [0.4, 0.5) is 0 Å². The van der Waals surface area contributed by atoms with E-state index in [1.165, 1.54) is 23.5 Å². The molecule has 0 aromatic carbocycles. The van der Waals surface area contributed by atoms with Crippen LogP contribution in [-0.4, -0.2) is 46.9 Å². The zero-order valence-corrected chi connectivity index (χ0v) is 13.1. The molecule has 22 heavy (non-hydrogen) atoms. The van der Waals surface area contributed by atoms with E-state index in [9.17, 15) is 9.59 Å². The summed E-state index contributed by atoms with van der Waals surface area (Å²) in [5.41, 5.74) is 0.781. The fourth-order valence-corrected chi connectivity index (χ4v) is 3.13. The maximum absolute atomic E-state index is 12.1. The van der Waals surface area contributed by atoms with Gasteiger partial charge in [0, 0.05) is 6.42 Å². The predicted octanol–water partition coefficient (Wildman–Crippen LogP) is 2.11. The van der Waals surface area contributed by atoms with Crippen molar-refractivity contribution in [3.63, 3.8) is 0 Å². The monoisotopic (exact) mass is 341 g/mol. The van der Waals surface area contributed by atoms with Crippen LogP contribution >= 0.6 is 22.9 Å². The number of hydrogen-bond acceptors (Lipinski definition) is 6. The van der Waals surface area contributed by atoms with Gasteiger partial charge in [0.05, 0.1) is 28.6 Å². The molecule has 0 aliphatic carbocycles. The number of H-pyrrole nitrogens is 1. The third kappa shape index (κ3) is 2.85. The number of nitrogens with one attached hydrogen (secondary N) is 1. The van der Waals surface area contributed by atoms with Crippen LogP contribution in [-0.2, 0) is 14.4 Å². The first-order valence-corrected chi connectivity index (χ1v) is 7.65. The first-order valence-electron chi connectivity index (χ1n) is 6.46. The molecule has 1 saturated heterocycles. The van der Waals surface area contributed by atoms with Crippen molar-refractivity contribution in [3.8, 4) is 10.6 Å². The molecule has 2 aromatic rings. The number of nitrogens with zero attached hydrogens (tertiary/aromatic N) is 2. The van der Waals surface area contributed by atoms with Crippen LogP contribution in [0.1, 0.15) is 16.9 Å². The Labute approximate surface area is 134 Å². The third-order valence-corrected chi connectivity index (χ3v) is 4.48. The van der Waals surface area contributed by atoms with Gasteiger partial charge in [0.25, 0.3) is 5.91 Å². The summed E-state index contributed by atoms with van der Waals surface area (Å²) in [5.74, 6) is -1.02. The van der Waals surface area contributed by atoms with Crippen molar-refractivity contribution in [2.45, 2.75) is 12.5 Å². The van der Waals surface area contributed by atoms with Gasteiger partial charge in [0.15, 0.2) is 11.8 Å². The number of hydroxylamine groups is 2.